The number of hydrogen-bond acceptors (Lipinski definition) is 1. The highest BCUT2D eigenvalue weighted by Crippen LogP contribution is 2.27. The molecule has 0 saturated carbocycles. The highest BCUT2D eigenvalue weighted by molar-refractivity contribution is 6.21. The topological polar surface area (TPSA) is 3.24 Å². The Balaban J connectivity index is 1.93. The maximum atomic E-state index is 6.61. The number of likely N-dealkylation sites (tertiary alicyclic amines) is 1. The second-order valence-corrected chi connectivity index (χ2v) is 6.98. The number of benzene rings is 1. The molecule has 0 spiro atoms. The van der Waals surface area contributed by atoms with Gasteiger partial charge in [0.2, 0.25) is 0 Å². The molecule has 1 fully saturated rings. The van der Waals surface area contributed by atoms with Gasteiger partial charge < -0.3 is 4.90 Å². The lowest BCUT2D eigenvalue weighted by molar-refractivity contribution is 0.184. The van der Waals surface area contributed by atoms with Gasteiger partial charge in [0.15, 0.2) is 0 Å². The first-order chi connectivity index (χ1) is 9.60. The van der Waals surface area contributed by atoms with Crippen molar-refractivity contribution in [3.05, 3.63) is 35.4 Å². The molecule has 2 heteroatoms. The fraction of sp³-hybridized carbons (Fsp3) is 0.667. The molecule has 0 aliphatic carbocycles. The van der Waals surface area contributed by atoms with E-state index in [1.165, 1.54) is 43.5 Å². The van der Waals surface area contributed by atoms with Gasteiger partial charge in [0.1, 0.15) is 0 Å². The Morgan fingerprint density at radius 2 is 1.90 bits per heavy atom. The van der Waals surface area contributed by atoms with E-state index >= 15 is 0 Å². The first-order valence-electron chi connectivity index (χ1n) is 8.06. The lowest BCUT2D eigenvalue weighted by atomic mass is 9.96. The lowest BCUT2D eigenvalue weighted by Crippen LogP contribution is -2.36. The van der Waals surface area contributed by atoms with E-state index in [1.54, 1.807) is 0 Å². The molecule has 0 aromatic heterocycles. The largest absolute Gasteiger partial charge is 0.301 e. The smallest absolute Gasteiger partial charge is 0.0712 e. The number of piperidine rings is 1. The van der Waals surface area contributed by atoms with E-state index < -0.39 is 0 Å². The van der Waals surface area contributed by atoms with Gasteiger partial charge in [-0.2, -0.15) is 0 Å². The Labute approximate surface area is 129 Å². The summed E-state index contributed by atoms with van der Waals surface area (Å²) in [6, 6.07) is 8.93. The van der Waals surface area contributed by atoms with Gasteiger partial charge in [0.05, 0.1) is 5.38 Å². The van der Waals surface area contributed by atoms with Crippen molar-refractivity contribution in [2.75, 3.05) is 19.6 Å². The standard InChI is InChI=1S/C18H28ClN/c1-4-15(3)16-7-9-17(10-8-16)18(19)13-20-11-5-6-14(2)12-20/h7-10,14-15,18H,4-6,11-13H2,1-3H3. The van der Waals surface area contributed by atoms with Crippen LogP contribution >= 0.6 is 11.6 Å². The summed E-state index contributed by atoms with van der Waals surface area (Å²) in [6.07, 6.45) is 3.88. The summed E-state index contributed by atoms with van der Waals surface area (Å²) in [5.41, 5.74) is 2.68. The van der Waals surface area contributed by atoms with E-state index in [9.17, 15) is 0 Å². The molecule has 2 rings (SSSR count). The van der Waals surface area contributed by atoms with Crippen LogP contribution in [0.4, 0.5) is 0 Å². The van der Waals surface area contributed by atoms with Crippen LogP contribution < -0.4 is 0 Å². The van der Waals surface area contributed by atoms with Crippen molar-refractivity contribution in [2.24, 2.45) is 5.92 Å². The maximum Gasteiger partial charge on any atom is 0.0712 e. The minimum absolute atomic E-state index is 0.117. The quantitative estimate of drug-likeness (QED) is 0.673. The van der Waals surface area contributed by atoms with Gasteiger partial charge in [-0.1, -0.05) is 45.0 Å². The summed E-state index contributed by atoms with van der Waals surface area (Å²) < 4.78 is 0. The van der Waals surface area contributed by atoms with E-state index in [-0.39, 0.29) is 5.38 Å². The van der Waals surface area contributed by atoms with Crippen molar-refractivity contribution in [2.45, 2.75) is 51.3 Å². The summed E-state index contributed by atoms with van der Waals surface area (Å²) in [5, 5.41) is 0.117. The van der Waals surface area contributed by atoms with Gasteiger partial charge in [-0.3, -0.25) is 0 Å². The predicted octanol–water partition coefficient (Wildman–Crippen LogP) is 5.21. The Morgan fingerprint density at radius 1 is 1.25 bits per heavy atom. The molecule has 0 radical (unpaired) electrons. The molecule has 1 nitrogen and oxygen atoms in total. The van der Waals surface area contributed by atoms with Gasteiger partial charge in [-0.25, -0.2) is 0 Å². The van der Waals surface area contributed by atoms with Gasteiger partial charge in [-0.15, -0.1) is 11.6 Å². The number of alkyl halides is 1. The zero-order valence-corrected chi connectivity index (χ0v) is 13.9. The van der Waals surface area contributed by atoms with Gasteiger partial charge in [0.25, 0.3) is 0 Å². The Bertz CT molecular complexity index is 400. The zero-order valence-electron chi connectivity index (χ0n) is 13.1. The molecule has 0 N–H and O–H groups in total. The van der Waals surface area contributed by atoms with Gasteiger partial charge in [0, 0.05) is 13.1 Å². The molecule has 3 unspecified atom stereocenters. The summed E-state index contributed by atoms with van der Waals surface area (Å²) in [5.74, 6) is 1.46. The lowest BCUT2D eigenvalue weighted by Gasteiger charge is -2.32. The maximum absolute atomic E-state index is 6.61. The zero-order chi connectivity index (χ0) is 14.5. The summed E-state index contributed by atoms with van der Waals surface area (Å²) >= 11 is 6.61. The number of nitrogens with zero attached hydrogens (tertiary/aromatic N) is 1. The molecular weight excluding hydrogens is 266 g/mol. The highest BCUT2D eigenvalue weighted by Gasteiger charge is 2.19. The van der Waals surface area contributed by atoms with Crippen molar-refractivity contribution in [3.8, 4) is 0 Å². The second-order valence-electron chi connectivity index (χ2n) is 6.45. The van der Waals surface area contributed by atoms with Crippen LogP contribution in [0.15, 0.2) is 24.3 Å². The number of rotatable bonds is 5. The number of halogens is 1. The van der Waals surface area contributed by atoms with E-state index in [1.807, 2.05) is 0 Å². The summed E-state index contributed by atoms with van der Waals surface area (Å²) in [7, 11) is 0. The van der Waals surface area contributed by atoms with Crippen LogP contribution in [0.2, 0.25) is 0 Å². The molecule has 112 valence electrons. The first kappa shape index (κ1) is 15.9. The van der Waals surface area contributed by atoms with E-state index in [0.29, 0.717) is 5.92 Å². The monoisotopic (exact) mass is 293 g/mol. The molecule has 0 amide bonds. The minimum Gasteiger partial charge on any atom is -0.301 e. The predicted molar refractivity (Wildman–Crippen MR) is 88.6 cm³/mol. The Morgan fingerprint density at radius 3 is 2.50 bits per heavy atom. The Hall–Kier alpha value is -0.530. The normalized spacial score (nSPS) is 23.5. The molecule has 1 aliphatic heterocycles. The van der Waals surface area contributed by atoms with Crippen LogP contribution in [0.25, 0.3) is 0 Å². The Kier molecular flexibility index (Phi) is 5.92. The van der Waals surface area contributed by atoms with Crippen LogP contribution in [-0.4, -0.2) is 24.5 Å². The SMILES string of the molecule is CCC(C)c1ccc(C(Cl)CN2CCCC(C)C2)cc1. The van der Waals surface area contributed by atoms with E-state index in [0.717, 1.165) is 12.5 Å². The highest BCUT2D eigenvalue weighted by atomic mass is 35.5. The molecule has 1 heterocycles. The van der Waals surface area contributed by atoms with Crippen molar-refractivity contribution in [1.29, 1.82) is 0 Å². The third kappa shape index (κ3) is 4.23. The fourth-order valence-electron chi connectivity index (χ4n) is 3.05. The average Bonchev–Trinajstić information content (AvgIpc) is 2.46. The van der Waals surface area contributed by atoms with Crippen LogP contribution in [0.1, 0.15) is 62.5 Å². The molecule has 20 heavy (non-hydrogen) atoms. The molecule has 1 aromatic rings. The van der Waals surface area contributed by atoms with Crippen LogP contribution in [0.3, 0.4) is 0 Å². The third-order valence-electron chi connectivity index (χ3n) is 4.64. The van der Waals surface area contributed by atoms with Gasteiger partial charge >= 0.3 is 0 Å². The summed E-state index contributed by atoms with van der Waals surface area (Å²) in [6.45, 7) is 10.3. The molecule has 1 aliphatic rings. The summed E-state index contributed by atoms with van der Waals surface area (Å²) in [4.78, 5) is 2.52. The van der Waals surface area contributed by atoms with Crippen molar-refractivity contribution < 1.29 is 0 Å². The number of hydrogen-bond donors (Lipinski definition) is 0. The van der Waals surface area contributed by atoms with Crippen molar-refractivity contribution in [1.82, 2.24) is 4.90 Å². The fourth-order valence-corrected chi connectivity index (χ4v) is 3.39. The minimum atomic E-state index is 0.117. The second kappa shape index (κ2) is 7.47. The van der Waals surface area contributed by atoms with Crippen LogP contribution in [-0.2, 0) is 0 Å². The molecule has 1 aromatic carbocycles. The van der Waals surface area contributed by atoms with E-state index in [2.05, 4.69) is 49.9 Å². The first-order valence-corrected chi connectivity index (χ1v) is 8.50. The third-order valence-corrected chi connectivity index (χ3v) is 5.03. The van der Waals surface area contributed by atoms with Crippen molar-refractivity contribution >= 4 is 11.6 Å². The molecule has 1 saturated heterocycles. The molecular formula is C18H28ClN. The average molecular weight is 294 g/mol. The van der Waals surface area contributed by atoms with Crippen LogP contribution in [0.5, 0.6) is 0 Å². The van der Waals surface area contributed by atoms with Gasteiger partial charge in [-0.05, 0) is 48.8 Å². The molecule has 0 bridgehead atoms. The van der Waals surface area contributed by atoms with Crippen LogP contribution in [0, 0.1) is 5.92 Å². The van der Waals surface area contributed by atoms with Crippen molar-refractivity contribution in [3.63, 3.8) is 0 Å². The molecule has 3 atom stereocenters. The van der Waals surface area contributed by atoms with E-state index in [4.69, 9.17) is 11.6 Å².